The summed E-state index contributed by atoms with van der Waals surface area (Å²) >= 11 is 0. The standard InChI is InChI=1S/C17H29NO4Si/c1-17(2,3)16(19)18-11-10-12(20-4)14(22-6)15(13(11)21-5)23(7,8)9/h10H,1-9H3,(H,18,19). The van der Waals surface area contributed by atoms with E-state index in [1.807, 2.05) is 20.8 Å². The molecule has 1 rings (SSSR count). The lowest BCUT2D eigenvalue weighted by Gasteiger charge is -2.27. The summed E-state index contributed by atoms with van der Waals surface area (Å²) in [4.78, 5) is 12.4. The van der Waals surface area contributed by atoms with Gasteiger partial charge >= 0.3 is 0 Å². The first-order valence-corrected chi connectivity index (χ1v) is 11.1. The minimum Gasteiger partial charge on any atom is -0.495 e. The van der Waals surface area contributed by atoms with Crippen LogP contribution in [0.15, 0.2) is 6.07 Å². The number of nitrogens with one attached hydrogen (secondary N) is 1. The number of methoxy groups -OCH3 is 3. The monoisotopic (exact) mass is 339 g/mol. The van der Waals surface area contributed by atoms with Crippen LogP contribution in [0.5, 0.6) is 17.2 Å². The second-order valence-corrected chi connectivity index (χ2v) is 12.5. The van der Waals surface area contributed by atoms with Crippen molar-refractivity contribution >= 4 is 24.9 Å². The molecule has 1 aromatic carbocycles. The Morgan fingerprint density at radius 2 is 1.52 bits per heavy atom. The summed E-state index contributed by atoms with van der Waals surface area (Å²) in [6.45, 7) is 12.2. The second-order valence-electron chi connectivity index (χ2n) is 7.52. The number of hydrogen-bond acceptors (Lipinski definition) is 4. The predicted octanol–water partition coefficient (Wildman–Crippen LogP) is 3.24. The highest BCUT2D eigenvalue weighted by molar-refractivity contribution is 6.90. The molecule has 0 atom stereocenters. The molecule has 0 saturated carbocycles. The Morgan fingerprint density at radius 3 is 1.87 bits per heavy atom. The van der Waals surface area contributed by atoms with E-state index < -0.39 is 13.5 Å². The number of carbonyl (C=O) groups excluding carboxylic acids is 1. The van der Waals surface area contributed by atoms with Gasteiger partial charge in [0.2, 0.25) is 5.91 Å². The molecule has 0 unspecified atom stereocenters. The lowest BCUT2D eigenvalue weighted by atomic mass is 9.95. The number of amides is 1. The molecule has 5 nitrogen and oxygen atoms in total. The van der Waals surface area contributed by atoms with E-state index in [1.165, 1.54) is 0 Å². The van der Waals surface area contributed by atoms with Gasteiger partial charge in [-0.05, 0) is 0 Å². The average Bonchev–Trinajstić information content (AvgIpc) is 2.43. The van der Waals surface area contributed by atoms with Crippen LogP contribution < -0.4 is 24.7 Å². The molecular weight excluding hydrogens is 310 g/mol. The lowest BCUT2D eigenvalue weighted by Crippen LogP contribution is -2.40. The molecule has 0 aliphatic rings. The number of ether oxygens (including phenoxy) is 3. The van der Waals surface area contributed by atoms with Gasteiger partial charge in [-0.1, -0.05) is 40.4 Å². The number of benzene rings is 1. The predicted molar refractivity (Wildman–Crippen MR) is 97.2 cm³/mol. The molecule has 1 N–H and O–H groups in total. The SMILES string of the molecule is COc1cc(NC(=O)C(C)(C)C)c(OC)c([Si](C)(C)C)c1OC. The zero-order valence-electron chi connectivity index (χ0n) is 15.7. The van der Waals surface area contributed by atoms with Gasteiger partial charge in [0.05, 0.1) is 35.1 Å². The molecule has 0 aliphatic carbocycles. The van der Waals surface area contributed by atoms with Gasteiger partial charge in [-0.25, -0.2) is 0 Å². The van der Waals surface area contributed by atoms with Crippen molar-refractivity contribution in [3.8, 4) is 17.2 Å². The van der Waals surface area contributed by atoms with Gasteiger partial charge in [0.15, 0.2) is 11.5 Å². The van der Waals surface area contributed by atoms with E-state index in [0.717, 1.165) is 5.19 Å². The minimum atomic E-state index is -1.82. The molecule has 0 bridgehead atoms. The molecule has 1 amide bonds. The summed E-state index contributed by atoms with van der Waals surface area (Å²) in [6.07, 6.45) is 0. The summed E-state index contributed by atoms with van der Waals surface area (Å²) < 4.78 is 16.7. The molecule has 0 aliphatic heterocycles. The van der Waals surface area contributed by atoms with Crippen molar-refractivity contribution in [1.82, 2.24) is 0 Å². The summed E-state index contributed by atoms with van der Waals surface area (Å²) in [5.74, 6) is 1.84. The van der Waals surface area contributed by atoms with Crippen LogP contribution in [-0.2, 0) is 4.79 Å². The molecule has 0 radical (unpaired) electrons. The fourth-order valence-electron chi connectivity index (χ4n) is 2.27. The van der Waals surface area contributed by atoms with E-state index in [0.29, 0.717) is 22.9 Å². The topological polar surface area (TPSA) is 56.8 Å². The van der Waals surface area contributed by atoms with Crippen molar-refractivity contribution in [1.29, 1.82) is 0 Å². The van der Waals surface area contributed by atoms with Gasteiger partial charge in [0, 0.05) is 16.7 Å². The maximum Gasteiger partial charge on any atom is 0.229 e. The highest BCUT2D eigenvalue weighted by atomic mass is 28.3. The number of anilines is 1. The normalized spacial score (nSPS) is 11.9. The first-order valence-electron chi connectivity index (χ1n) is 7.62. The van der Waals surface area contributed by atoms with E-state index in [1.54, 1.807) is 27.4 Å². The van der Waals surface area contributed by atoms with Crippen LogP contribution in [-0.4, -0.2) is 35.3 Å². The van der Waals surface area contributed by atoms with Crippen LogP contribution in [0.2, 0.25) is 19.6 Å². The Labute approximate surface area is 140 Å². The number of rotatable bonds is 5. The Balaban J connectivity index is 3.62. The van der Waals surface area contributed by atoms with Gasteiger partial charge in [-0.15, -0.1) is 0 Å². The zero-order chi connectivity index (χ0) is 18.0. The third kappa shape index (κ3) is 4.19. The van der Waals surface area contributed by atoms with Crippen molar-refractivity contribution in [2.75, 3.05) is 26.6 Å². The van der Waals surface area contributed by atoms with E-state index in [-0.39, 0.29) is 5.91 Å². The van der Waals surface area contributed by atoms with Gasteiger partial charge in [0.25, 0.3) is 0 Å². The van der Waals surface area contributed by atoms with Gasteiger partial charge in [-0.2, -0.15) is 0 Å². The van der Waals surface area contributed by atoms with E-state index >= 15 is 0 Å². The van der Waals surface area contributed by atoms with Crippen LogP contribution in [0.1, 0.15) is 20.8 Å². The summed E-state index contributed by atoms with van der Waals surface area (Å²) in [7, 11) is 3.00. The molecule has 0 heterocycles. The molecule has 0 spiro atoms. The van der Waals surface area contributed by atoms with Crippen molar-refractivity contribution in [3.05, 3.63) is 6.07 Å². The van der Waals surface area contributed by atoms with Crippen molar-refractivity contribution < 1.29 is 19.0 Å². The molecule has 0 saturated heterocycles. The van der Waals surface area contributed by atoms with E-state index in [4.69, 9.17) is 14.2 Å². The number of hydrogen-bond donors (Lipinski definition) is 1. The van der Waals surface area contributed by atoms with Crippen LogP contribution in [0.4, 0.5) is 5.69 Å². The smallest absolute Gasteiger partial charge is 0.229 e. The largest absolute Gasteiger partial charge is 0.495 e. The summed E-state index contributed by atoms with van der Waals surface area (Å²) in [6, 6.07) is 1.75. The maximum absolute atomic E-state index is 12.4. The molecular formula is C17H29NO4Si. The Hall–Kier alpha value is -1.69. The van der Waals surface area contributed by atoms with Crippen molar-refractivity contribution in [2.45, 2.75) is 40.4 Å². The Morgan fingerprint density at radius 1 is 1.00 bits per heavy atom. The maximum atomic E-state index is 12.4. The highest BCUT2D eigenvalue weighted by Crippen LogP contribution is 2.38. The average molecular weight is 340 g/mol. The van der Waals surface area contributed by atoms with E-state index in [9.17, 15) is 4.79 Å². The summed E-state index contributed by atoms with van der Waals surface area (Å²) in [5.41, 5.74) is 0.111. The highest BCUT2D eigenvalue weighted by Gasteiger charge is 2.32. The van der Waals surface area contributed by atoms with Gasteiger partial charge in [0.1, 0.15) is 5.75 Å². The Bertz CT molecular complexity index is 586. The first-order chi connectivity index (χ1) is 10.5. The fourth-order valence-corrected chi connectivity index (χ4v) is 4.10. The third-order valence-corrected chi connectivity index (χ3v) is 5.46. The van der Waals surface area contributed by atoms with Crippen LogP contribution in [0.25, 0.3) is 0 Å². The zero-order valence-corrected chi connectivity index (χ0v) is 16.7. The van der Waals surface area contributed by atoms with Crippen LogP contribution in [0.3, 0.4) is 0 Å². The van der Waals surface area contributed by atoms with Gasteiger partial charge < -0.3 is 19.5 Å². The minimum absolute atomic E-state index is 0.0791. The van der Waals surface area contributed by atoms with Crippen LogP contribution in [0, 0.1) is 5.41 Å². The molecule has 0 aromatic heterocycles. The quantitative estimate of drug-likeness (QED) is 0.837. The Kier molecular flexibility index (Phi) is 5.74. The second kappa shape index (κ2) is 6.82. The molecule has 23 heavy (non-hydrogen) atoms. The van der Waals surface area contributed by atoms with Crippen molar-refractivity contribution in [3.63, 3.8) is 0 Å². The van der Waals surface area contributed by atoms with Crippen molar-refractivity contribution in [2.24, 2.45) is 5.41 Å². The van der Waals surface area contributed by atoms with E-state index in [2.05, 4.69) is 25.0 Å². The molecule has 130 valence electrons. The molecule has 6 heteroatoms. The summed E-state index contributed by atoms with van der Waals surface area (Å²) in [5, 5.41) is 3.95. The fraction of sp³-hybridized carbons (Fsp3) is 0.588. The third-order valence-electron chi connectivity index (χ3n) is 3.51. The van der Waals surface area contributed by atoms with Gasteiger partial charge in [-0.3, -0.25) is 4.79 Å². The first kappa shape index (κ1) is 19.4. The lowest BCUT2D eigenvalue weighted by molar-refractivity contribution is -0.123. The molecule has 1 aromatic rings. The molecule has 0 fully saturated rings. The van der Waals surface area contributed by atoms with Crippen LogP contribution >= 0.6 is 0 Å². The number of carbonyl (C=O) groups is 1.